The zero-order valence-electron chi connectivity index (χ0n) is 10.1. The lowest BCUT2D eigenvalue weighted by molar-refractivity contribution is 0.613. The van der Waals surface area contributed by atoms with Crippen LogP contribution >= 0.6 is 0 Å². The second-order valence-electron chi connectivity index (χ2n) is 4.32. The van der Waals surface area contributed by atoms with Crippen molar-refractivity contribution in [3.05, 3.63) is 76.5 Å². The maximum Gasteiger partial charge on any atom is 0.274 e. The lowest BCUT2D eigenvalue weighted by Crippen LogP contribution is -2.23. The predicted molar refractivity (Wildman–Crippen MR) is 71.5 cm³/mol. The van der Waals surface area contributed by atoms with E-state index in [-0.39, 0.29) is 17.9 Å². The zero-order valence-corrected chi connectivity index (χ0v) is 10.1. The van der Waals surface area contributed by atoms with E-state index in [0.717, 1.165) is 5.39 Å². The monoisotopic (exact) mass is 254 g/mol. The van der Waals surface area contributed by atoms with Crippen molar-refractivity contribution in [1.29, 1.82) is 0 Å². The SMILES string of the molecule is O=c1c2ccccc2cnn1Cc1cccc(F)c1. The van der Waals surface area contributed by atoms with Gasteiger partial charge in [-0.3, -0.25) is 4.79 Å². The van der Waals surface area contributed by atoms with Crippen LogP contribution in [-0.4, -0.2) is 9.78 Å². The van der Waals surface area contributed by atoms with Crippen LogP contribution in [0, 0.1) is 5.82 Å². The third-order valence-corrected chi connectivity index (χ3v) is 2.98. The van der Waals surface area contributed by atoms with Crippen molar-refractivity contribution in [2.75, 3.05) is 0 Å². The molecule has 0 radical (unpaired) electrons. The molecule has 1 heterocycles. The maximum absolute atomic E-state index is 13.1. The van der Waals surface area contributed by atoms with Gasteiger partial charge in [-0.25, -0.2) is 9.07 Å². The first-order chi connectivity index (χ1) is 9.24. The first-order valence-electron chi connectivity index (χ1n) is 5.93. The van der Waals surface area contributed by atoms with E-state index in [1.54, 1.807) is 24.4 Å². The Morgan fingerprint density at radius 2 is 1.95 bits per heavy atom. The van der Waals surface area contributed by atoms with Crippen molar-refractivity contribution >= 4 is 10.8 Å². The summed E-state index contributed by atoms with van der Waals surface area (Å²) >= 11 is 0. The largest absolute Gasteiger partial charge is 0.274 e. The molecule has 0 unspecified atom stereocenters. The third-order valence-electron chi connectivity index (χ3n) is 2.98. The number of rotatable bonds is 2. The van der Waals surface area contributed by atoms with E-state index in [1.165, 1.54) is 16.8 Å². The number of aromatic nitrogens is 2. The Morgan fingerprint density at radius 1 is 1.11 bits per heavy atom. The molecule has 0 amide bonds. The van der Waals surface area contributed by atoms with Crippen molar-refractivity contribution in [1.82, 2.24) is 9.78 Å². The number of hydrogen-bond acceptors (Lipinski definition) is 2. The number of benzene rings is 2. The number of fused-ring (bicyclic) bond motifs is 1. The Morgan fingerprint density at radius 3 is 2.79 bits per heavy atom. The first kappa shape index (κ1) is 11.6. The summed E-state index contributed by atoms with van der Waals surface area (Å²) in [5.74, 6) is -0.314. The topological polar surface area (TPSA) is 34.9 Å². The van der Waals surface area contributed by atoms with E-state index in [1.807, 2.05) is 18.2 Å². The normalized spacial score (nSPS) is 10.8. The fourth-order valence-electron chi connectivity index (χ4n) is 2.05. The average Bonchev–Trinajstić information content (AvgIpc) is 2.42. The number of halogens is 1. The molecule has 0 spiro atoms. The van der Waals surface area contributed by atoms with Crippen molar-refractivity contribution in [2.24, 2.45) is 0 Å². The first-order valence-corrected chi connectivity index (χ1v) is 5.93. The molecule has 19 heavy (non-hydrogen) atoms. The molecule has 0 aliphatic heterocycles. The molecule has 0 fully saturated rings. The zero-order chi connectivity index (χ0) is 13.2. The molecule has 0 saturated carbocycles. The molecule has 2 aromatic carbocycles. The molecular weight excluding hydrogens is 243 g/mol. The summed E-state index contributed by atoms with van der Waals surface area (Å²) in [5, 5.41) is 5.54. The molecular formula is C15H11FN2O. The van der Waals surface area contributed by atoms with Crippen molar-refractivity contribution in [3.8, 4) is 0 Å². The smallest absolute Gasteiger partial charge is 0.267 e. The van der Waals surface area contributed by atoms with E-state index >= 15 is 0 Å². The van der Waals surface area contributed by atoms with Gasteiger partial charge in [0, 0.05) is 5.39 Å². The number of hydrogen-bond donors (Lipinski definition) is 0. The highest BCUT2D eigenvalue weighted by Gasteiger charge is 2.04. The van der Waals surface area contributed by atoms with Crippen LogP contribution < -0.4 is 5.56 Å². The summed E-state index contributed by atoms with van der Waals surface area (Å²) in [7, 11) is 0. The lowest BCUT2D eigenvalue weighted by Gasteiger charge is -2.06. The Kier molecular flexibility index (Phi) is 2.83. The standard InChI is InChI=1S/C15H11FN2O/c16-13-6-3-4-11(8-13)10-18-15(19)14-7-2-1-5-12(14)9-17-18/h1-9H,10H2. The van der Waals surface area contributed by atoms with Crippen LogP contribution in [0.2, 0.25) is 0 Å². The minimum atomic E-state index is -0.314. The van der Waals surface area contributed by atoms with E-state index < -0.39 is 0 Å². The Labute approximate surface area is 108 Å². The summed E-state index contributed by atoms with van der Waals surface area (Å²) in [5.41, 5.74) is 0.548. The van der Waals surface area contributed by atoms with Crippen LogP contribution in [0.4, 0.5) is 4.39 Å². The maximum atomic E-state index is 13.1. The molecule has 3 rings (SSSR count). The highest BCUT2D eigenvalue weighted by molar-refractivity contribution is 5.80. The summed E-state index contributed by atoms with van der Waals surface area (Å²) < 4.78 is 14.5. The molecule has 0 aliphatic carbocycles. The van der Waals surface area contributed by atoms with Crippen molar-refractivity contribution in [2.45, 2.75) is 6.54 Å². The van der Waals surface area contributed by atoms with Crippen LogP contribution in [0.5, 0.6) is 0 Å². The van der Waals surface area contributed by atoms with Gasteiger partial charge in [-0.15, -0.1) is 0 Å². The molecule has 94 valence electrons. The van der Waals surface area contributed by atoms with Crippen molar-refractivity contribution < 1.29 is 4.39 Å². The van der Waals surface area contributed by atoms with Gasteiger partial charge < -0.3 is 0 Å². The molecule has 0 aliphatic rings. The van der Waals surface area contributed by atoms with Gasteiger partial charge in [-0.2, -0.15) is 5.10 Å². The molecule has 0 N–H and O–H groups in total. The molecule has 3 nitrogen and oxygen atoms in total. The highest BCUT2D eigenvalue weighted by Crippen LogP contribution is 2.08. The van der Waals surface area contributed by atoms with Gasteiger partial charge >= 0.3 is 0 Å². The van der Waals surface area contributed by atoms with Crippen LogP contribution in [0.25, 0.3) is 10.8 Å². The average molecular weight is 254 g/mol. The molecule has 0 atom stereocenters. The Hall–Kier alpha value is -2.49. The van der Waals surface area contributed by atoms with E-state index in [9.17, 15) is 9.18 Å². The van der Waals surface area contributed by atoms with Gasteiger partial charge in [0.1, 0.15) is 5.82 Å². The molecule has 0 bridgehead atoms. The van der Waals surface area contributed by atoms with Crippen LogP contribution in [0.15, 0.2) is 59.5 Å². The summed E-state index contributed by atoms with van der Waals surface area (Å²) in [6.07, 6.45) is 1.65. The van der Waals surface area contributed by atoms with Gasteiger partial charge in [0.2, 0.25) is 0 Å². The highest BCUT2D eigenvalue weighted by atomic mass is 19.1. The quantitative estimate of drug-likeness (QED) is 0.704. The molecule has 1 aromatic heterocycles. The van der Waals surface area contributed by atoms with Gasteiger partial charge in [0.15, 0.2) is 0 Å². The van der Waals surface area contributed by atoms with E-state index in [4.69, 9.17) is 0 Å². The summed E-state index contributed by atoms with van der Waals surface area (Å²) in [4.78, 5) is 12.2. The Bertz CT molecular complexity index is 795. The van der Waals surface area contributed by atoms with Gasteiger partial charge in [0.25, 0.3) is 5.56 Å². The third kappa shape index (κ3) is 2.25. The molecule has 4 heteroatoms. The van der Waals surface area contributed by atoms with E-state index in [2.05, 4.69) is 5.10 Å². The van der Waals surface area contributed by atoms with Gasteiger partial charge in [0.05, 0.1) is 18.1 Å². The number of nitrogens with zero attached hydrogens (tertiary/aromatic N) is 2. The van der Waals surface area contributed by atoms with Crippen LogP contribution in [0.1, 0.15) is 5.56 Å². The van der Waals surface area contributed by atoms with Crippen LogP contribution in [-0.2, 0) is 6.54 Å². The lowest BCUT2D eigenvalue weighted by atomic mass is 10.2. The minimum Gasteiger partial charge on any atom is -0.267 e. The van der Waals surface area contributed by atoms with Gasteiger partial charge in [-0.1, -0.05) is 30.3 Å². The van der Waals surface area contributed by atoms with Gasteiger partial charge in [-0.05, 0) is 23.8 Å². The summed E-state index contributed by atoms with van der Waals surface area (Å²) in [6.45, 7) is 0.265. The van der Waals surface area contributed by atoms with Crippen molar-refractivity contribution in [3.63, 3.8) is 0 Å². The minimum absolute atomic E-state index is 0.164. The second kappa shape index (κ2) is 4.65. The Balaban J connectivity index is 2.06. The fraction of sp³-hybridized carbons (Fsp3) is 0.0667. The van der Waals surface area contributed by atoms with E-state index in [0.29, 0.717) is 10.9 Å². The fourth-order valence-corrected chi connectivity index (χ4v) is 2.05. The summed E-state index contributed by atoms with van der Waals surface area (Å²) in [6, 6.07) is 13.5. The second-order valence-corrected chi connectivity index (χ2v) is 4.32. The van der Waals surface area contributed by atoms with Crippen LogP contribution in [0.3, 0.4) is 0 Å². The molecule has 0 saturated heterocycles. The predicted octanol–water partition coefficient (Wildman–Crippen LogP) is 2.58. The molecule has 3 aromatic rings.